The number of nitrogens with zero attached hydrogens (tertiary/aromatic N) is 2. The predicted octanol–water partition coefficient (Wildman–Crippen LogP) is 0.584. The van der Waals surface area contributed by atoms with Gasteiger partial charge in [-0.05, 0) is 18.6 Å². The Balaban J connectivity index is 2.38. The Labute approximate surface area is 110 Å². The van der Waals surface area contributed by atoms with E-state index in [2.05, 4.69) is 5.32 Å². The molecule has 0 aliphatic carbocycles. The fourth-order valence-corrected chi connectivity index (χ4v) is 2.06. The molecule has 0 bridgehead atoms. The van der Waals surface area contributed by atoms with Crippen molar-refractivity contribution in [3.05, 3.63) is 33.9 Å². The van der Waals surface area contributed by atoms with Crippen molar-refractivity contribution in [2.24, 2.45) is 0 Å². The fraction of sp³-hybridized carbons (Fsp3) is 0.417. The Hall–Kier alpha value is -2.15. The van der Waals surface area contributed by atoms with Gasteiger partial charge in [0.15, 0.2) is 0 Å². The van der Waals surface area contributed by atoms with Crippen molar-refractivity contribution in [2.75, 3.05) is 24.5 Å². The molecule has 1 amide bonds. The summed E-state index contributed by atoms with van der Waals surface area (Å²) in [4.78, 5) is 23.6. The molecule has 102 valence electrons. The van der Waals surface area contributed by atoms with Gasteiger partial charge in [-0.3, -0.25) is 14.9 Å². The third-order valence-corrected chi connectivity index (χ3v) is 3.06. The number of rotatable bonds is 3. The molecule has 19 heavy (non-hydrogen) atoms. The van der Waals surface area contributed by atoms with Gasteiger partial charge in [0, 0.05) is 19.2 Å². The first kappa shape index (κ1) is 13.3. The molecule has 7 heteroatoms. The number of hydrogen-bond acceptors (Lipinski definition) is 5. The summed E-state index contributed by atoms with van der Waals surface area (Å²) < 4.78 is 0. The SMILES string of the molecule is C[C@@H](O)c1ccc(N2CCNC(=O)C2)c([N+](=O)[O-])c1. The second-order valence-corrected chi connectivity index (χ2v) is 4.45. The van der Waals surface area contributed by atoms with Gasteiger partial charge in [-0.25, -0.2) is 0 Å². The van der Waals surface area contributed by atoms with E-state index in [1.54, 1.807) is 24.0 Å². The number of carbonyl (C=O) groups is 1. The summed E-state index contributed by atoms with van der Waals surface area (Å²) in [5.41, 5.74) is 0.800. The number of nitrogens with one attached hydrogen (secondary N) is 1. The summed E-state index contributed by atoms with van der Waals surface area (Å²) in [6, 6.07) is 4.57. The Kier molecular flexibility index (Phi) is 3.66. The predicted molar refractivity (Wildman–Crippen MR) is 69.0 cm³/mol. The minimum Gasteiger partial charge on any atom is -0.389 e. The van der Waals surface area contributed by atoms with E-state index in [9.17, 15) is 20.0 Å². The van der Waals surface area contributed by atoms with Gasteiger partial charge in [-0.1, -0.05) is 6.07 Å². The number of aliphatic hydroxyl groups is 1. The first-order valence-electron chi connectivity index (χ1n) is 5.97. The van der Waals surface area contributed by atoms with E-state index in [4.69, 9.17) is 0 Å². The van der Waals surface area contributed by atoms with Crippen LogP contribution in [-0.2, 0) is 4.79 Å². The van der Waals surface area contributed by atoms with Crippen molar-refractivity contribution in [1.82, 2.24) is 5.32 Å². The Bertz CT molecular complexity index is 516. The average molecular weight is 265 g/mol. The highest BCUT2D eigenvalue weighted by atomic mass is 16.6. The molecule has 1 saturated heterocycles. The lowest BCUT2D eigenvalue weighted by molar-refractivity contribution is -0.384. The van der Waals surface area contributed by atoms with E-state index < -0.39 is 11.0 Å². The van der Waals surface area contributed by atoms with Crippen LogP contribution in [0.4, 0.5) is 11.4 Å². The molecule has 1 atom stereocenters. The van der Waals surface area contributed by atoms with E-state index >= 15 is 0 Å². The fourth-order valence-electron chi connectivity index (χ4n) is 2.06. The molecule has 1 heterocycles. The molecule has 0 aromatic heterocycles. The number of anilines is 1. The van der Waals surface area contributed by atoms with Gasteiger partial charge in [0.1, 0.15) is 5.69 Å². The Morgan fingerprint density at radius 3 is 2.84 bits per heavy atom. The maximum absolute atomic E-state index is 11.3. The minimum absolute atomic E-state index is 0.0897. The van der Waals surface area contributed by atoms with Crippen LogP contribution >= 0.6 is 0 Å². The van der Waals surface area contributed by atoms with Crippen molar-refractivity contribution >= 4 is 17.3 Å². The monoisotopic (exact) mass is 265 g/mol. The maximum Gasteiger partial charge on any atom is 0.292 e. The van der Waals surface area contributed by atoms with Crippen LogP contribution in [0.15, 0.2) is 18.2 Å². The molecule has 1 aromatic rings. The van der Waals surface area contributed by atoms with Crippen LogP contribution in [-0.4, -0.2) is 35.6 Å². The van der Waals surface area contributed by atoms with Crippen molar-refractivity contribution in [3.8, 4) is 0 Å². The number of benzene rings is 1. The van der Waals surface area contributed by atoms with Crippen LogP contribution in [0.25, 0.3) is 0 Å². The summed E-state index contributed by atoms with van der Waals surface area (Å²) in [5, 5.41) is 23.3. The largest absolute Gasteiger partial charge is 0.389 e. The van der Waals surface area contributed by atoms with E-state index in [-0.39, 0.29) is 18.1 Å². The lowest BCUT2D eigenvalue weighted by atomic mass is 10.1. The normalized spacial score (nSPS) is 16.9. The highest BCUT2D eigenvalue weighted by Gasteiger charge is 2.24. The number of carbonyl (C=O) groups excluding carboxylic acids is 1. The smallest absolute Gasteiger partial charge is 0.292 e. The summed E-state index contributed by atoms with van der Waals surface area (Å²) >= 11 is 0. The molecule has 1 aliphatic rings. The summed E-state index contributed by atoms with van der Waals surface area (Å²) in [6.07, 6.45) is -0.766. The highest BCUT2D eigenvalue weighted by molar-refractivity contribution is 5.84. The first-order chi connectivity index (χ1) is 8.99. The number of piperazine rings is 1. The molecule has 0 radical (unpaired) electrons. The number of hydrogen-bond donors (Lipinski definition) is 2. The van der Waals surface area contributed by atoms with Crippen molar-refractivity contribution in [2.45, 2.75) is 13.0 Å². The standard InChI is InChI=1S/C12H15N3O4/c1-8(16)9-2-3-10(11(6-9)15(18)19)14-5-4-13-12(17)7-14/h2-3,6,8,16H,4-5,7H2,1H3,(H,13,17)/t8-/m1/s1. The van der Waals surface area contributed by atoms with Gasteiger partial charge in [-0.2, -0.15) is 0 Å². The van der Waals surface area contributed by atoms with E-state index in [0.29, 0.717) is 24.3 Å². The molecule has 0 saturated carbocycles. The highest BCUT2D eigenvalue weighted by Crippen LogP contribution is 2.31. The van der Waals surface area contributed by atoms with Crippen LogP contribution in [0.2, 0.25) is 0 Å². The van der Waals surface area contributed by atoms with Gasteiger partial charge in [0.25, 0.3) is 5.69 Å². The summed E-state index contributed by atoms with van der Waals surface area (Å²) in [6.45, 7) is 2.65. The van der Waals surface area contributed by atoms with Crippen LogP contribution in [0.1, 0.15) is 18.6 Å². The lowest BCUT2D eigenvalue weighted by Gasteiger charge is -2.28. The van der Waals surface area contributed by atoms with Gasteiger partial charge >= 0.3 is 0 Å². The zero-order valence-electron chi connectivity index (χ0n) is 10.5. The van der Waals surface area contributed by atoms with E-state index in [0.717, 1.165) is 0 Å². The molecule has 2 rings (SSSR count). The van der Waals surface area contributed by atoms with Crippen molar-refractivity contribution in [3.63, 3.8) is 0 Å². The zero-order valence-corrected chi connectivity index (χ0v) is 10.5. The van der Waals surface area contributed by atoms with Gasteiger partial charge in [0.2, 0.25) is 5.91 Å². The molecule has 1 aliphatic heterocycles. The summed E-state index contributed by atoms with van der Waals surface area (Å²) in [7, 11) is 0. The zero-order chi connectivity index (χ0) is 14.0. The minimum atomic E-state index is -0.766. The second kappa shape index (κ2) is 5.23. The molecular formula is C12H15N3O4. The van der Waals surface area contributed by atoms with E-state index in [1.165, 1.54) is 6.07 Å². The number of amides is 1. The first-order valence-corrected chi connectivity index (χ1v) is 5.97. The maximum atomic E-state index is 11.3. The lowest BCUT2D eigenvalue weighted by Crippen LogP contribution is -2.47. The van der Waals surface area contributed by atoms with E-state index in [1.807, 2.05) is 0 Å². The quantitative estimate of drug-likeness (QED) is 0.615. The average Bonchev–Trinajstić information content (AvgIpc) is 2.37. The van der Waals surface area contributed by atoms with Gasteiger partial charge in [0.05, 0.1) is 17.6 Å². The topological polar surface area (TPSA) is 95.7 Å². The number of nitro benzene ring substituents is 1. The van der Waals surface area contributed by atoms with Crippen molar-refractivity contribution < 1.29 is 14.8 Å². The number of nitro groups is 1. The Morgan fingerprint density at radius 2 is 2.26 bits per heavy atom. The number of aliphatic hydroxyl groups excluding tert-OH is 1. The van der Waals surface area contributed by atoms with Crippen LogP contribution in [0.3, 0.4) is 0 Å². The summed E-state index contributed by atoms with van der Waals surface area (Å²) in [5.74, 6) is -0.153. The van der Waals surface area contributed by atoms with Crippen LogP contribution in [0, 0.1) is 10.1 Å². The third-order valence-electron chi connectivity index (χ3n) is 3.06. The van der Waals surface area contributed by atoms with Crippen LogP contribution in [0.5, 0.6) is 0 Å². The molecule has 1 fully saturated rings. The van der Waals surface area contributed by atoms with Crippen LogP contribution < -0.4 is 10.2 Å². The molecule has 0 unspecified atom stereocenters. The molecular weight excluding hydrogens is 250 g/mol. The Morgan fingerprint density at radius 1 is 1.53 bits per heavy atom. The van der Waals surface area contributed by atoms with Crippen molar-refractivity contribution in [1.29, 1.82) is 0 Å². The molecule has 1 aromatic carbocycles. The molecule has 0 spiro atoms. The van der Waals surface area contributed by atoms with Gasteiger partial charge < -0.3 is 15.3 Å². The third kappa shape index (κ3) is 2.82. The molecule has 7 nitrogen and oxygen atoms in total. The second-order valence-electron chi connectivity index (χ2n) is 4.45. The van der Waals surface area contributed by atoms with Gasteiger partial charge in [-0.15, -0.1) is 0 Å². The molecule has 2 N–H and O–H groups in total.